The number of rotatable bonds is 13. The Morgan fingerprint density at radius 1 is 0.970 bits per heavy atom. The van der Waals surface area contributed by atoms with Crippen molar-refractivity contribution in [2.24, 2.45) is 5.92 Å². The molecule has 2 aromatic carbocycles. The third-order valence-corrected chi connectivity index (χ3v) is 4.73. The molecule has 2 aromatic rings. The number of nitrogens with zero attached hydrogens (tertiary/aromatic N) is 1. The quantitative estimate of drug-likeness (QED) is 0.478. The number of carbonyl (C=O) groups excluding carboxylic acids is 1. The number of hydrogen-bond acceptors (Lipinski definition) is 6. The van der Waals surface area contributed by atoms with Gasteiger partial charge in [0.2, 0.25) is 0 Å². The van der Waals surface area contributed by atoms with Crippen molar-refractivity contribution >= 4 is 12.1 Å². The van der Waals surface area contributed by atoms with Crippen LogP contribution < -0.4 is 14.2 Å². The molecule has 1 atom stereocenters. The highest BCUT2D eigenvalue weighted by atomic mass is 16.6. The Labute approximate surface area is 195 Å². The minimum atomic E-state index is -0.982. The van der Waals surface area contributed by atoms with Gasteiger partial charge in [-0.05, 0) is 54.8 Å². The zero-order chi connectivity index (χ0) is 24.2. The Balaban J connectivity index is 1.89. The van der Waals surface area contributed by atoms with Crippen molar-refractivity contribution in [2.45, 2.75) is 33.3 Å². The second-order valence-electron chi connectivity index (χ2n) is 7.86. The number of amides is 1. The molecule has 1 N–H and O–H groups in total. The smallest absolute Gasteiger partial charge is 0.415 e. The van der Waals surface area contributed by atoms with Crippen molar-refractivity contribution in [1.82, 2.24) is 4.90 Å². The number of hydrogen-bond donors (Lipinski definition) is 1. The van der Waals surface area contributed by atoms with Gasteiger partial charge in [-0.1, -0.05) is 26.0 Å². The molecule has 0 fully saturated rings. The van der Waals surface area contributed by atoms with Gasteiger partial charge in [0.25, 0.3) is 0 Å². The van der Waals surface area contributed by atoms with Crippen LogP contribution in [0.15, 0.2) is 48.5 Å². The molecule has 1 amide bonds. The first-order chi connectivity index (χ1) is 15.8. The van der Waals surface area contributed by atoms with Crippen LogP contribution in [-0.2, 0) is 16.0 Å². The van der Waals surface area contributed by atoms with E-state index in [1.807, 2.05) is 26.0 Å². The van der Waals surface area contributed by atoms with E-state index >= 15 is 0 Å². The molecule has 1 unspecified atom stereocenters. The van der Waals surface area contributed by atoms with Gasteiger partial charge in [0.1, 0.15) is 23.9 Å². The number of aliphatic carboxylic acids is 1. The second kappa shape index (κ2) is 13.3. The standard InChI is InChI=1S/C25H33NO7/c1-5-31-23(24(27)28)16-19-6-8-21(9-7-19)32-15-14-26(17-18(2)3)25(29)33-22-12-10-20(30-4)11-13-22/h6-13,18,23H,5,14-17H2,1-4H3,(H,27,28). The Kier molecular flexibility index (Phi) is 10.5. The number of benzene rings is 2. The average molecular weight is 460 g/mol. The van der Waals surface area contributed by atoms with E-state index in [9.17, 15) is 14.7 Å². The summed E-state index contributed by atoms with van der Waals surface area (Å²) in [5.41, 5.74) is 0.840. The first kappa shape index (κ1) is 26.0. The van der Waals surface area contributed by atoms with Crippen LogP contribution in [0.5, 0.6) is 17.2 Å². The molecule has 0 spiro atoms. The fourth-order valence-corrected chi connectivity index (χ4v) is 3.14. The Hall–Kier alpha value is -3.26. The normalized spacial score (nSPS) is 11.7. The maximum atomic E-state index is 12.7. The third-order valence-electron chi connectivity index (χ3n) is 4.73. The Bertz CT molecular complexity index is 865. The molecule has 0 aliphatic heterocycles. The Morgan fingerprint density at radius 2 is 1.58 bits per heavy atom. The summed E-state index contributed by atoms with van der Waals surface area (Å²) in [6, 6.07) is 14.0. The van der Waals surface area contributed by atoms with Gasteiger partial charge in [0.05, 0.1) is 13.7 Å². The molecule has 2 rings (SSSR count). The van der Waals surface area contributed by atoms with Crippen LogP contribution in [0.3, 0.4) is 0 Å². The lowest BCUT2D eigenvalue weighted by atomic mass is 10.1. The summed E-state index contributed by atoms with van der Waals surface area (Å²) in [7, 11) is 1.58. The van der Waals surface area contributed by atoms with E-state index in [2.05, 4.69) is 0 Å². The molecule has 180 valence electrons. The van der Waals surface area contributed by atoms with Crippen molar-refractivity contribution in [3.8, 4) is 17.2 Å². The van der Waals surface area contributed by atoms with Gasteiger partial charge in [-0.25, -0.2) is 9.59 Å². The van der Waals surface area contributed by atoms with Crippen LogP contribution in [0.25, 0.3) is 0 Å². The number of carboxylic acids is 1. The van der Waals surface area contributed by atoms with Gasteiger partial charge in [-0.2, -0.15) is 0 Å². The van der Waals surface area contributed by atoms with Crippen LogP contribution in [0.4, 0.5) is 4.79 Å². The lowest BCUT2D eigenvalue weighted by Gasteiger charge is -2.24. The molecule has 0 aliphatic rings. The zero-order valence-corrected chi connectivity index (χ0v) is 19.7. The summed E-state index contributed by atoms with van der Waals surface area (Å²) in [6.07, 6.45) is -1.03. The average Bonchev–Trinajstić information content (AvgIpc) is 2.79. The van der Waals surface area contributed by atoms with Crippen molar-refractivity contribution in [2.75, 3.05) is 33.4 Å². The van der Waals surface area contributed by atoms with E-state index in [0.29, 0.717) is 43.6 Å². The maximum absolute atomic E-state index is 12.7. The fraction of sp³-hybridized carbons (Fsp3) is 0.440. The summed E-state index contributed by atoms with van der Waals surface area (Å²) in [5, 5.41) is 9.21. The van der Waals surface area contributed by atoms with Crippen LogP contribution in [-0.4, -0.2) is 61.6 Å². The SMILES string of the molecule is CCOC(Cc1ccc(OCCN(CC(C)C)C(=O)Oc2ccc(OC)cc2)cc1)C(=O)O. The summed E-state index contributed by atoms with van der Waals surface area (Å²) >= 11 is 0. The molecule has 0 radical (unpaired) electrons. The molecule has 33 heavy (non-hydrogen) atoms. The van der Waals surface area contributed by atoms with Gasteiger partial charge in [-0.15, -0.1) is 0 Å². The maximum Gasteiger partial charge on any atom is 0.415 e. The molecule has 0 bridgehead atoms. The Morgan fingerprint density at radius 3 is 2.12 bits per heavy atom. The predicted molar refractivity (Wildman–Crippen MR) is 124 cm³/mol. The summed E-state index contributed by atoms with van der Waals surface area (Å²) in [6.45, 7) is 7.35. The summed E-state index contributed by atoms with van der Waals surface area (Å²) in [5.74, 6) is 1.04. The van der Waals surface area contributed by atoms with E-state index in [4.69, 9.17) is 18.9 Å². The largest absolute Gasteiger partial charge is 0.497 e. The zero-order valence-electron chi connectivity index (χ0n) is 19.7. The summed E-state index contributed by atoms with van der Waals surface area (Å²) in [4.78, 5) is 25.5. The van der Waals surface area contributed by atoms with Gasteiger partial charge < -0.3 is 29.0 Å². The molecular formula is C25H33NO7. The highest BCUT2D eigenvalue weighted by molar-refractivity contribution is 5.72. The molecule has 0 saturated heterocycles. The van der Waals surface area contributed by atoms with E-state index < -0.39 is 18.2 Å². The topological polar surface area (TPSA) is 94.5 Å². The van der Waals surface area contributed by atoms with Gasteiger partial charge in [-0.3, -0.25) is 0 Å². The van der Waals surface area contributed by atoms with Crippen LogP contribution >= 0.6 is 0 Å². The molecule has 0 saturated carbocycles. The van der Waals surface area contributed by atoms with E-state index in [0.717, 1.165) is 5.56 Å². The third kappa shape index (κ3) is 9.02. The summed E-state index contributed by atoms with van der Waals surface area (Å²) < 4.78 is 21.6. The van der Waals surface area contributed by atoms with Crippen molar-refractivity contribution in [3.05, 3.63) is 54.1 Å². The monoisotopic (exact) mass is 459 g/mol. The highest BCUT2D eigenvalue weighted by Crippen LogP contribution is 2.18. The molecular weight excluding hydrogens is 426 g/mol. The van der Waals surface area contributed by atoms with Crippen molar-refractivity contribution in [1.29, 1.82) is 0 Å². The molecule has 0 aromatic heterocycles. The lowest BCUT2D eigenvalue weighted by Crippen LogP contribution is -2.39. The van der Waals surface area contributed by atoms with E-state index in [-0.39, 0.29) is 12.3 Å². The van der Waals surface area contributed by atoms with Gasteiger partial charge in [0, 0.05) is 19.6 Å². The van der Waals surface area contributed by atoms with Crippen LogP contribution in [0.1, 0.15) is 26.3 Å². The number of ether oxygens (including phenoxy) is 4. The van der Waals surface area contributed by atoms with Crippen LogP contribution in [0.2, 0.25) is 0 Å². The number of carboxylic acid groups (broad SMARTS) is 1. The minimum absolute atomic E-state index is 0.264. The minimum Gasteiger partial charge on any atom is -0.497 e. The highest BCUT2D eigenvalue weighted by Gasteiger charge is 2.19. The first-order valence-electron chi connectivity index (χ1n) is 11.0. The molecule has 0 aliphatic carbocycles. The lowest BCUT2D eigenvalue weighted by molar-refractivity contribution is -0.149. The van der Waals surface area contributed by atoms with Gasteiger partial charge in [0.15, 0.2) is 6.10 Å². The van der Waals surface area contributed by atoms with E-state index in [1.165, 1.54) is 0 Å². The van der Waals surface area contributed by atoms with E-state index in [1.54, 1.807) is 55.3 Å². The van der Waals surface area contributed by atoms with Crippen molar-refractivity contribution in [3.63, 3.8) is 0 Å². The molecule has 8 nitrogen and oxygen atoms in total. The van der Waals surface area contributed by atoms with Gasteiger partial charge >= 0.3 is 12.1 Å². The number of carbonyl (C=O) groups is 2. The van der Waals surface area contributed by atoms with Crippen molar-refractivity contribution < 1.29 is 33.6 Å². The predicted octanol–water partition coefficient (Wildman–Crippen LogP) is 4.26. The fourth-order valence-electron chi connectivity index (χ4n) is 3.14. The molecule has 8 heteroatoms. The second-order valence-corrected chi connectivity index (χ2v) is 7.86. The first-order valence-corrected chi connectivity index (χ1v) is 11.0. The number of methoxy groups -OCH3 is 1. The molecule has 0 heterocycles. The van der Waals surface area contributed by atoms with Crippen LogP contribution in [0, 0.1) is 5.92 Å².